The Kier molecular flexibility index (Phi) is 4.33. The van der Waals surface area contributed by atoms with Crippen molar-refractivity contribution in [1.29, 1.82) is 0 Å². The molecule has 2 aliphatic rings. The smallest absolute Gasteiger partial charge is 0.230 e. The van der Waals surface area contributed by atoms with Crippen LogP contribution in [-0.4, -0.2) is 39.1 Å². The number of hydrogen-bond acceptors (Lipinski definition) is 3. The third-order valence-corrected chi connectivity index (χ3v) is 5.20. The molecule has 1 N–H and O–H groups in total. The standard InChI is InChI=1S/C18H19BrN4O2/c19-14-3-1-2-12(8-14)10-23-16(6-7-20-23)21-18(25)13-9-17(24)22(11-13)15-4-5-15/h1-3,6-8,13,15H,4-5,9-11H2,(H,21,25). The lowest BCUT2D eigenvalue weighted by Crippen LogP contribution is -2.30. The van der Waals surface area contributed by atoms with Gasteiger partial charge in [0.25, 0.3) is 0 Å². The van der Waals surface area contributed by atoms with Crippen molar-refractivity contribution >= 4 is 33.6 Å². The van der Waals surface area contributed by atoms with Crippen LogP contribution < -0.4 is 5.32 Å². The molecule has 0 bridgehead atoms. The molecule has 1 aromatic carbocycles. The van der Waals surface area contributed by atoms with Crippen molar-refractivity contribution in [3.63, 3.8) is 0 Å². The molecule has 1 saturated heterocycles. The van der Waals surface area contributed by atoms with Crippen LogP contribution in [0.25, 0.3) is 0 Å². The molecule has 2 fully saturated rings. The van der Waals surface area contributed by atoms with E-state index in [1.54, 1.807) is 16.9 Å². The van der Waals surface area contributed by atoms with E-state index in [1.807, 2.05) is 29.2 Å². The summed E-state index contributed by atoms with van der Waals surface area (Å²) in [5, 5.41) is 7.24. The van der Waals surface area contributed by atoms with Crippen LogP contribution in [0.1, 0.15) is 24.8 Å². The summed E-state index contributed by atoms with van der Waals surface area (Å²) in [5.41, 5.74) is 1.09. The van der Waals surface area contributed by atoms with Crippen LogP contribution in [0.2, 0.25) is 0 Å². The van der Waals surface area contributed by atoms with E-state index < -0.39 is 0 Å². The second-order valence-corrected chi connectivity index (χ2v) is 7.59. The average molecular weight is 403 g/mol. The van der Waals surface area contributed by atoms with Crippen LogP contribution >= 0.6 is 15.9 Å². The maximum atomic E-state index is 12.6. The second-order valence-electron chi connectivity index (χ2n) is 6.67. The summed E-state index contributed by atoms with van der Waals surface area (Å²) in [7, 11) is 0. The van der Waals surface area contributed by atoms with Crippen molar-refractivity contribution < 1.29 is 9.59 Å². The number of carbonyl (C=O) groups excluding carboxylic acids is 2. The maximum absolute atomic E-state index is 12.6. The van der Waals surface area contributed by atoms with Gasteiger partial charge in [-0.15, -0.1) is 0 Å². The van der Waals surface area contributed by atoms with Crippen molar-refractivity contribution in [2.24, 2.45) is 5.92 Å². The van der Waals surface area contributed by atoms with E-state index in [1.165, 1.54) is 0 Å². The van der Waals surface area contributed by atoms with E-state index in [4.69, 9.17) is 0 Å². The van der Waals surface area contributed by atoms with Gasteiger partial charge in [-0.05, 0) is 30.5 Å². The van der Waals surface area contributed by atoms with E-state index in [-0.39, 0.29) is 17.7 Å². The Bertz CT molecular complexity index is 815. The third-order valence-electron chi connectivity index (χ3n) is 4.71. The molecule has 2 aromatic rings. The summed E-state index contributed by atoms with van der Waals surface area (Å²) in [5.74, 6) is 0.377. The Morgan fingerprint density at radius 2 is 2.16 bits per heavy atom. The molecule has 6 nitrogen and oxygen atoms in total. The lowest BCUT2D eigenvalue weighted by molar-refractivity contribution is -0.128. The number of amides is 2. The normalized spacial score (nSPS) is 20.1. The molecule has 1 aromatic heterocycles. The molecule has 7 heteroatoms. The Balaban J connectivity index is 1.42. The highest BCUT2D eigenvalue weighted by Gasteiger charge is 2.41. The molecule has 1 unspecified atom stereocenters. The molecule has 1 atom stereocenters. The minimum absolute atomic E-state index is 0.102. The van der Waals surface area contributed by atoms with Gasteiger partial charge in [0.1, 0.15) is 5.82 Å². The number of aromatic nitrogens is 2. The molecule has 2 amide bonds. The zero-order valence-corrected chi connectivity index (χ0v) is 15.3. The maximum Gasteiger partial charge on any atom is 0.230 e. The third kappa shape index (κ3) is 3.61. The van der Waals surface area contributed by atoms with Crippen LogP contribution in [-0.2, 0) is 16.1 Å². The molecule has 0 spiro atoms. The molecule has 1 aliphatic heterocycles. The van der Waals surface area contributed by atoms with Gasteiger partial charge in [0.15, 0.2) is 0 Å². The van der Waals surface area contributed by atoms with Crippen molar-refractivity contribution in [3.05, 3.63) is 46.6 Å². The minimum atomic E-state index is -0.276. The first-order valence-corrected chi connectivity index (χ1v) is 9.26. The lowest BCUT2D eigenvalue weighted by atomic mass is 10.1. The van der Waals surface area contributed by atoms with Gasteiger partial charge in [-0.3, -0.25) is 9.59 Å². The minimum Gasteiger partial charge on any atom is -0.339 e. The largest absolute Gasteiger partial charge is 0.339 e. The van der Waals surface area contributed by atoms with Gasteiger partial charge in [-0.1, -0.05) is 28.1 Å². The second kappa shape index (κ2) is 6.63. The van der Waals surface area contributed by atoms with E-state index in [9.17, 15) is 9.59 Å². The monoisotopic (exact) mass is 402 g/mol. The summed E-state index contributed by atoms with van der Waals surface area (Å²) in [6.45, 7) is 1.11. The Morgan fingerprint density at radius 3 is 2.92 bits per heavy atom. The Labute approximate surface area is 154 Å². The van der Waals surface area contributed by atoms with E-state index in [0.717, 1.165) is 22.9 Å². The first-order valence-electron chi connectivity index (χ1n) is 8.47. The molecular weight excluding hydrogens is 384 g/mol. The number of likely N-dealkylation sites (tertiary alicyclic amines) is 1. The number of nitrogens with zero attached hydrogens (tertiary/aromatic N) is 3. The SMILES string of the molecule is O=C(Nc1ccnn1Cc1cccc(Br)c1)C1CC(=O)N(C2CC2)C1. The summed E-state index contributed by atoms with van der Waals surface area (Å²) >= 11 is 3.46. The van der Waals surface area contributed by atoms with Crippen molar-refractivity contribution in [3.8, 4) is 0 Å². The molecule has 1 saturated carbocycles. The van der Waals surface area contributed by atoms with E-state index in [0.29, 0.717) is 31.4 Å². The van der Waals surface area contributed by atoms with Gasteiger partial charge in [0.2, 0.25) is 11.8 Å². The molecule has 130 valence electrons. The molecule has 4 rings (SSSR count). The molecule has 25 heavy (non-hydrogen) atoms. The summed E-state index contributed by atoms with van der Waals surface area (Å²) in [4.78, 5) is 26.5. The van der Waals surface area contributed by atoms with Gasteiger partial charge >= 0.3 is 0 Å². The van der Waals surface area contributed by atoms with Crippen LogP contribution in [0.5, 0.6) is 0 Å². The average Bonchev–Trinajstić information content (AvgIpc) is 3.22. The van der Waals surface area contributed by atoms with Gasteiger partial charge in [-0.25, -0.2) is 4.68 Å². The number of rotatable bonds is 5. The fraction of sp³-hybridized carbons (Fsp3) is 0.389. The van der Waals surface area contributed by atoms with Crippen LogP contribution in [0, 0.1) is 5.92 Å². The topological polar surface area (TPSA) is 67.2 Å². The fourth-order valence-electron chi connectivity index (χ4n) is 3.25. The number of halogens is 1. The Morgan fingerprint density at radius 1 is 1.32 bits per heavy atom. The summed E-state index contributed by atoms with van der Waals surface area (Å²) < 4.78 is 2.77. The van der Waals surface area contributed by atoms with Crippen molar-refractivity contribution in [2.75, 3.05) is 11.9 Å². The molecule has 0 radical (unpaired) electrons. The fourth-order valence-corrected chi connectivity index (χ4v) is 3.69. The zero-order valence-electron chi connectivity index (χ0n) is 13.7. The summed E-state index contributed by atoms with van der Waals surface area (Å²) in [6, 6.07) is 10.1. The predicted molar refractivity (Wildman–Crippen MR) is 96.9 cm³/mol. The van der Waals surface area contributed by atoms with Crippen molar-refractivity contribution in [2.45, 2.75) is 31.8 Å². The zero-order chi connectivity index (χ0) is 17.4. The number of anilines is 1. The van der Waals surface area contributed by atoms with E-state index >= 15 is 0 Å². The van der Waals surface area contributed by atoms with Gasteiger partial charge < -0.3 is 10.2 Å². The molecule has 2 heterocycles. The first kappa shape index (κ1) is 16.3. The highest BCUT2D eigenvalue weighted by molar-refractivity contribution is 9.10. The number of nitrogens with one attached hydrogen (secondary N) is 1. The number of carbonyl (C=O) groups is 2. The van der Waals surface area contributed by atoms with Crippen LogP contribution in [0.4, 0.5) is 5.82 Å². The quantitative estimate of drug-likeness (QED) is 0.835. The number of benzene rings is 1. The Hall–Kier alpha value is -2.15. The van der Waals surface area contributed by atoms with Crippen molar-refractivity contribution in [1.82, 2.24) is 14.7 Å². The highest BCUT2D eigenvalue weighted by Crippen LogP contribution is 2.33. The van der Waals surface area contributed by atoms with Crippen LogP contribution in [0.3, 0.4) is 0 Å². The molecule has 1 aliphatic carbocycles. The lowest BCUT2D eigenvalue weighted by Gasteiger charge is -2.15. The van der Waals surface area contributed by atoms with Gasteiger partial charge in [0, 0.05) is 29.5 Å². The van der Waals surface area contributed by atoms with E-state index in [2.05, 4.69) is 26.3 Å². The van der Waals surface area contributed by atoms with Gasteiger partial charge in [-0.2, -0.15) is 5.10 Å². The molecular formula is C18H19BrN4O2. The number of hydrogen-bond donors (Lipinski definition) is 1. The summed E-state index contributed by atoms with van der Waals surface area (Å²) in [6.07, 6.45) is 4.12. The first-order chi connectivity index (χ1) is 12.1. The highest BCUT2D eigenvalue weighted by atomic mass is 79.9. The van der Waals surface area contributed by atoms with Gasteiger partial charge in [0.05, 0.1) is 18.7 Å². The predicted octanol–water partition coefficient (Wildman–Crippen LogP) is 2.64. The van der Waals surface area contributed by atoms with Crippen LogP contribution in [0.15, 0.2) is 41.0 Å².